The summed E-state index contributed by atoms with van der Waals surface area (Å²) >= 11 is 0. The number of aliphatic hydroxyl groups excluding tert-OH is 1. The van der Waals surface area contributed by atoms with Crippen LogP contribution in [0.3, 0.4) is 0 Å². The molecule has 4 N–H and O–H groups in total. The molecule has 160 valence electrons. The van der Waals surface area contributed by atoms with Crippen LogP contribution in [0.1, 0.15) is 95.4 Å². The molecule has 5 nitrogen and oxygen atoms in total. The number of ketones is 1. The number of hydrogen-bond donors (Lipinski definition) is 4. The number of carbonyl (C=O) groups excluding carboxylic acids is 1. The quantitative estimate of drug-likeness (QED) is 0.504. The molecule has 0 amide bonds. The minimum Gasteiger partial charge on any atom is -0.396 e. The first-order valence-electron chi connectivity index (χ1n) is 9.06. The Morgan fingerprint density at radius 1 is 0.769 bits per heavy atom. The minimum atomic E-state index is -0.500. The van der Waals surface area contributed by atoms with Crippen LogP contribution in [-0.4, -0.2) is 49.6 Å². The summed E-state index contributed by atoms with van der Waals surface area (Å²) in [5, 5.41) is 34.3. The molecule has 6 heteroatoms. The topological polar surface area (TPSA) is 98.0 Å². The van der Waals surface area contributed by atoms with E-state index < -0.39 is 16.8 Å². The summed E-state index contributed by atoms with van der Waals surface area (Å²) in [5.41, 5.74) is -1.50. The van der Waals surface area contributed by atoms with Crippen molar-refractivity contribution in [3.8, 4) is 0 Å². The van der Waals surface area contributed by atoms with E-state index in [1.807, 2.05) is 13.8 Å². The van der Waals surface area contributed by atoms with Gasteiger partial charge in [0.15, 0.2) is 0 Å². The molecule has 0 fully saturated rings. The second kappa shape index (κ2) is 18.7. The van der Waals surface area contributed by atoms with Crippen molar-refractivity contribution in [3.63, 3.8) is 0 Å². The van der Waals surface area contributed by atoms with Gasteiger partial charge in [0.1, 0.15) is 5.78 Å². The van der Waals surface area contributed by atoms with Gasteiger partial charge in [-0.15, -0.1) is 0 Å². The summed E-state index contributed by atoms with van der Waals surface area (Å²) in [4.78, 5) is 11.0. The Hall–Kier alpha value is 0.393. The summed E-state index contributed by atoms with van der Waals surface area (Å²) in [7, 11) is 0. The van der Waals surface area contributed by atoms with E-state index in [0.717, 1.165) is 12.8 Å². The largest absolute Gasteiger partial charge is 0.396 e. The molecular formula is C20H46O5Zr. The van der Waals surface area contributed by atoms with Crippen molar-refractivity contribution < 1.29 is 51.4 Å². The van der Waals surface area contributed by atoms with E-state index in [1.54, 1.807) is 62.3 Å². The maximum atomic E-state index is 11.0. The van der Waals surface area contributed by atoms with E-state index in [1.165, 1.54) is 0 Å². The summed E-state index contributed by atoms with van der Waals surface area (Å²) < 4.78 is 0. The number of aliphatic hydroxyl groups is 4. The van der Waals surface area contributed by atoms with Crippen LogP contribution in [0.2, 0.25) is 0 Å². The molecular weight excluding hydrogens is 411 g/mol. The molecule has 0 heterocycles. The third-order valence-corrected chi connectivity index (χ3v) is 1.66. The number of carbonyl (C=O) groups is 1. The standard InChI is InChI=1S/C8H16O2.3C4H10O.Zr/c1-3-5-8(10)7(4-2)6-9;3*1-4(2,3)5;/h7,9H,3-6H2,1-2H3;3*5H,1-3H3;. The fourth-order valence-electron chi connectivity index (χ4n) is 0.909. The Bertz CT molecular complexity index is 248. The van der Waals surface area contributed by atoms with Crippen molar-refractivity contribution in [2.75, 3.05) is 6.61 Å². The van der Waals surface area contributed by atoms with E-state index in [4.69, 9.17) is 20.4 Å². The average Bonchev–Trinajstić information content (AvgIpc) is 2.23. The average molecular weight is 458 g/mol. The first-order chi connectivity index (χ1) is 10.8. The third-order valence-electron chi connectivity index (χ3n) is 1.66. The van der Waals surface area contributed by atoms with Crippen molar-refractivity contribution in [2.45, 2.75) is 112 Å². The Morgan fingerprint density at radius 3 is 1.12 bits per heavy atom. The molecule has 0 aromatic carbocycles. The smallest absolute Gasteiger partial charge is 0.138 e. The van der Waals surface area contributed by atoms with E-state index >= 15 is 0 Å². The molecule has 0 bridgehead atoms. The normalized spacial score (nSPS) is 12.0. The molecule has 0 saturated heterocycles. The van der Waals surface area contributed by atoms with Crippen LogP contribution in [0.4, 0.5) is 0 Å². The van der Waals surface area contributed by atoms with E-state index in [0.29, 0.717) is 6.42 Å². The second-order valence-electron chi connectivity index (χ2n) is 9.02. The number of hydrogen-bond acceptors (Lipinski definition) is 5. The van der Waals surface area contributed by atoms with Crippen LogP contribution >= 0.6 is 0 Å². The molecule has 0 radical (unpaired) electrons. The SMILES string of the molecule is CC(C)(C)O.CC(C)(C)O.CC(C)(C)O.CCCC(=O)C(CC)CO.[Zr]. The van der Waals surface area contributed by atoms with Gasteiger partial charge >= 0.3 is 0 Å². The molecule has 0 rings (SSSR count). The van der Waals surface area contributed by atoms with Crippen LogP contribution in [-0.2, 0) is 31.0 Å². The molecule has 0 aliphatic rings. The monoisotopic (exact) mass is 456 g/mol. The van der Waals surface area contributed by atoms with Crippen LogP contribution in [0.5, 0.6) is 0 Å². The van der Waals surface area contributed by atoms with Crippen molar-refractivity contribution in [2.24, 2.45) is 5.92 Å². The van der Waals surface area contributed by atoms with Gasteiger partial charge in [0, 0.05) is 38.5 Å². The van der Waals surface area contributed by atoms with Crippen molar-refractivity contribution in [1.82, 2.24) is 0 Å². The Kier molecular flexibility index (Phi) is 26.8. The molecule has 0 spiro atoms. The fraction of sp³-hybridized carbons (Fsp3) is 0.950. The number of rotatable bonds is 5. The van der Waals surface area contributed by atoms with Crippen LogP contribution in [0.25, 0.3) is 0 Å². The predicted molar refractivity (Wildman–Crippen MR) is 107 cm³/mol. The number of Topliss-reactive ketones (excluding diaryl/α,β-unsaturated/α-hetero) is 1. The van der Waals surface area contributed by atoms with Crippen LogP contribution in [0, 0.1) is 5.92 Å². The van der Waals surface area contributed by atoms with Gasteiger partial charge in [0.25, 0.3) is 0 Å². The van der Waals surface area contributed by atoms with Crippen molar-refractivity contribution >= 4 is 5.78 Å². The third kappa shape index (κ3) is 103. The Balaban J connectivity index is -0.0000000794. The summed E-state index contributed by atoms with van der Waals surface area (Å²) in [6, 6.07) is 0. The van der Waals surface area contributed by atoms with Gasteiger partial charge in [0.2, 0.25) is 0 Å². The zero-order valence-electron chi connectivity index (χ0n) is 19.1. The van der Waals surface area contributed by atoms with Crippen LogP contribution < -0.4 is 0 Å². The van der Waals surface area contributed by atoms with E-state index in [9.17, 15) is 4.79 Å². The van der Waals surface area contributed by atoms with Gasteiger partial charge in [-0.05, 0) is 75.2 Å². The Morgan fingerprint density at radius 2 is 1.00 bits per heavy atom. The molecule has 1 atom stereocenters. The molecule has 0 saturated carbocycles. The maximum absolute atomic E-state index is 11.0. The van der Waals surface area contributed by atoms with Gasteiger partial charge < -0.3 is 20.4 Å². The first kappa shape index (κ1) is 37.2. The second-order valence-corrected chi connectivity index (χ2v) is 9.02. The molecule has 0 aliphatic heterocycles. The van der Waals surface area contributed by atoms with Crippen molar-refractivity contribution in [3.05, 3.63) is 0 Å². The molecule has 26 heavy (non-hydrogen) atoms. The zero-order chi connectivity index (χ0) is 21.5. The van der Waals surface area contributed by atoms with Gasteiger partial charge in [0.05, 0.1) is 23.4 Å². The fourth-order valence-corrected chi connectivity index (χ4v) is 0.909. The molecule has 0 aliphatic carbocycles. The Labute approximate surface area is 181 Å². The van der Waals surface area contributed by atoms with E-state index in [-0.39, 0.29) is 44.5 Å². The zero-order valence-corrected chi connectivity index (χ0v) is 21.6. The van der Waals surface area contributed by atoms with Gasteiger partial charge in [-0.25, -0.2) is 0 Å². The van der Waals surface area contributed by atoms with Gasteiger partial charge in [-0.3, -0.25) is 4.79 Å². The first-order valence-corrected chi connectivity index (χ1v) is 9.06. The minimum absolute atomic E-state index is 0. The van der Waals surface area contributed by atoms with Crippen LogP contribution in [0.15, 0.2) is 0 Å². The molecule has 0 aromatic rings. The summed E-state index contributed by atoms with van der Waals surface area (Å²) in [6.45, 7) is 19.6. The summed E-state index contributed by atoms with van der Waals surface area (Å²) in [5.74, 6) is 0.0902. The summed E-state index contributed by atoms with van der Waals surface area (Å²) in [6.07, 6.45) is 2.25. The van der Waals surface area contributed by atoms with E-state index in [2.05, 4.69) is 0 Å². The molecule has 1 unspecified atom stereocenters. The van der Waals surface area contributed by atoms with Gasteiger partial charge in [-0.2, -0.15) is 0 Å². The van der Waals surface area contributed by atoms with Crippen molar-refractivity contribution in [1.29, 1.82) is 0 Å². The molecule has 0 aromatic heterocycles. The maximum Gasteiger partial charge on any atom is 0.138 e. The predicted octanol–water partition coefficient (Wildman–Crippen LogP) is 3.70. The van der Waals surface area contributed by atoms with Gasteiger partial charge in [-0.1, -0.05) is 13.8 Å².